The molecule has 24 heavy (non-hydrogen) atoms. The summed E-state index contributed by atoms with van der Waals surface area (Å²) in [5.41, 5.74) is 0.507. The Hall–Kier alpha value is -1.55. The molecule has 1 atom stereocenters. The van der Waals surface area contributed by atoms with Gasteiger partial charge in [0.05, 0.1) is 5.56 Å². The maximum atomic E-state index is 12.3. The zero-order valence-electron chi connectivity index (χ0n) is 16.2. The van der Waals surface area contributed by atoms with Crippen molar-refractivity contribution in [3.05, 3.63) is 29.8 Å². The van der Waals surface area contributed by atoms with Crippen molar-refractivity contribution in [3.8, 4) is 5.75 Å². The van der Waals surface area contributed by atoms with Crippen LogP contribution in [-0.2, 0) is 4.74 Å². The van der Waals surface area contributed by atoms with E-state index in [0.29, 0.717) is 12.1 Å². The van der Waals surface area contributed by atoms with Gasteiger partial charge >= 0.3 is 5.97 Å². The minimum Gasteiger partial charge on any atom is -0.508 e. The Morgan fingerprint density at radius 1 is 1.08 bits per heavy atom. The standard InChI is InChI=1S/C20H33NO3/c1-8-19(4,5)21(20(6,7)9-2)14-15(3)24-18(23)16-10-12-17(22)13-11-16/h10-13,15,22H,8-9,14H2,1-7H3. The van der Waals surface area contributed by atoms with Crippen molar-refractivity contribution >= 4 is 5.97 Å². The van der Waals surface area contributed by atoms with E-state index in [1.807, 2.05) is 6.92 Å². The molecule has 1 aromatic carbocycles. The van der Waals surface area contributed by atoms with Gasteiger partial charge in [-0.1, -0.05) is 13.8 Å². The van der Waals surface area contributed by atoms with Gasteiger partial charge in [0.15, 0.2) is 0 Å². The lowest BCUT2D eigenvalue weighted by molar-refractivity contribution is -0.0320. The van der Waals surface area contributed by atoms with E-state index in [2.05, 4.69) is 46.4 Å². The van der Waals surface area contributed by atoms with Gasteiger partial charge in [0, 0.05) is 17.6 Å². The third-order valence-electron chi connectivity index (χ3n) is 5.04. The zero-order chi connectivity index (χ0) is 18.5. The molecule has 0 saturated carbocycles. The molecule has 1 unspecified atom stereocenters. The van der Waals surface area contributed by atoms with Crippen LogP contribution >= 0.6 is 0 Å². The number of phenols is 1. The molecule has 1 N–H and O–H groups in total. The molecule has 4 nitrogen and oxygen atoms in total. The molecule has 1 rings (SSSR count). The van der Waals surface area contributed by atoms with Gasteiger partial charge in [0.1, 0.15) is 11.9 Å². The van der Waals surface area contributed by atoms with Crippen molar-refractivity contribution < 1.29 is 14.6 Å². The average Bonchev–Trinajstić information content (AvgIpc) is 2.52. The molecule has 0 heterocycles. The van der Waals surface area contributed by atoms with Gasteiger partial charge in [-0.15, -0.1) is 0 Å². The quantitative estimate of drug-likeness (QED) is 0.704. The maximum absolute atomic E-state index is 12.3. The summed E-state index contributed by atoms with van der Waals surface area (Å²) in [6.07, 6.45) is 1.83. The summed E-state index contributed by atoms with van der Waals surface area (Å²) in [6, 6.07) is 6.14. The van der Waals surface area contributed by atoms with Crippen molar-refractivity contribution in [2.24, 2.45) is 0 Å². The van der Waals surface area contributed by atoms with Crippen LogP contribution < -0.4 is 0 Å². The van der Waals surface area contributed by atoms with Crippen molar-refractivity contribution in [2.75, 3.05) is 6.54 Å². The molecule has 0 spiro atoms. The molecule has 1 aromatic rings. The highest BCUT2D eigenvalue weighted by molar-refractivity contribution is 5.89. The number of hydrogen-bond acceptors (Lipinski definition) is 4. The molecule has 0 aliphatic heterocycles. The van der Waals surface area contributed by atoms with Crippen LogP contribution in [0.1, 0.15) is 71.7 Å². The molecular weight excluding hydrogens is 302 g/mol. The van der Waals surface area contributed by atoms with Crippen molar-refractivity contribution in [3.63, 3.8) is 0 Å². The smallest absolute Gasteiger partial charge is 0.338 e. The highest BCUT2D eigenvalue weighted by Gasteiger charge is 2.36. The molecule has 0 aromatic heterocycles. The van der Waals surface area contributed by atoms with E-state index in [0.717, 1.165) is 12.8 Å². The number of rotatable bonds is 8. The monoisotopic (exact) mass is 335 g/mol. The largest absolute Gasteiger partial charge is 0.508 e. The lowest BCUT2D eigenvalue weighted by Gasteiger charge is -2.49. The first kappa shape index (κ1) is 20.5. The predicted octanol–water partition coefficient (Wildman–Crippen LogP) is 4.62. The zero-order valence-corrected chi connectivity index (χ0v) is 16.2. The average molecular weight is 335 g/mol. The Morgan fingerprint density at radius 2 is 1.54 bits per heavy atom. The second-order valence-corrected chi connectivity index (χ2v) is 7.71. The molecule has 136 valence electrons. The first-order chi connectivity index (χ1) is 11.0. The van der Waals surface area contributed by atoms with E-state index in [1.165, 1.54) is 12.1 Å². The summed E-state index contributed by atoms with van der Waals surface area (Å²) in [7, 11) is 0. The molecular formula is C20H33NO3. The summed E-state index contributed by atoms with van der Waals surface area (Å²) in [4.78, 5) is 14.7. The van der Waals surface area contributed by atoms with E-state index in [1.54, 1.807) is 12.1 Å². The first-order valence-corrected chi connectivity index (χ1v) is 8.81. The maximum Gasteiger partial charge on any atom is 0.338 e. The Kier molecular flexibility index (Phi) is 6.85. The molecule has 0 bridgehead atoms. The molecule has 0 saturated heterocycles. The van der Waals surface area contributed by atoms with Gasteiger partial charge in [-0.25, -0.2) is 4.79 Å². The van der Waals surface area contributed by atoms with Gasteiger partial charge in [-0.3, -0.25) is 4.90 Å². The number of phenolic OH excluding ortho intramolecular Hbond substituents is 1. The Bertz CT molecular complexity index is 518. The normalized spacial score (nSPS) is 13.8. The van der Waals surface area contributed by atoms with E-state index in [4.69, 9.17) is 4.74 Å². The lowest BCUT2D eigenvalue weighted by Crippen LogP contribution is -2.57. The number of carbonyl (C=O) groups is 1. The summed E-state index contributed by atoms with van der Waals surface area (Å²) >= 11 is 0. The van der Waals surface area contributed by atoms with Crippen molar-refractivity contribution in [2.45, 2.75) is 78.5 Å². The van der Waals surface area contributed by atoms with Crippen molar-refractivity contribution in [1.82, 2.24) is 4.90 Å². The summed E-state index contributed by atoms with van der Waals surface area (Å²) in [5.74, 6) is -0.216. The van der Waals surface area contributed by atoms with Crippen LogP contribution in [0.25, 0.3) is 0 Å². The number of benzene rings is 1. The summed E-state index contributed by atoms with van der Waals surface area (Å²) in [6.45, 7) is 15.9. The fourth-order valence-electron chi connectivity index (χ4n) is 2.84. The fraction of sp³-hybridized carbons (Fsp3) is 0.650. The van der Waals surface area contributed by atoms with Gasteiger partial charge in [0.25, 0.3) is 0 Å². The SMILES string of the molecule is CCC(C)(C)N(CC(C)OC(=O)c1ccc(O)cc1)C(C)(C)CC. The molecule has 0 radical (unpaired) electrons. The van der Waals surface area contributed by atoms with Crippen LogP contribution in [-0.4, -0.2) is 39.7 Å². The van der Waals surface area contributed by atoms with E-state index in [-0.39, 0.29) is 28.9 Å². The highest BCUT2D eigenvalue weighted by atomic mass is 16.5. The van der Waals surface area contributed by atoms with Crippen LogP contribution in [0.5, 0.6) is 5.75 Å². The van der Waals surface area contributed by atoms with Gasteiger partial charge in [-0.05, 0) is 71.7 Å². The molecule has 0 fully saturated rings. The first-order valence-electron chi connectivity index (χ1n) is 8.81. The van der Waals surface area contributed by atoms with Gasteiger partial charge < -0.3 is 9.84 Å². The number of aromatic hydroxyl groups is 1. The van der Waals surface area contributed by atoms with Crippen LogP contribution in [0.2, 0.25) is 0 Å². The number of ether oxygens (including phenoxy) is 1. The summed E-state index contributed by atoms with van der Waals surface area (Å²) in [5, 5.41) is 9.31. The Labute approximate surface area is 146 Å². The van der Waals surface area contributed by atoms with Gasteiger partial charge in [0.2, 0.25) is 0 Å². The summed E-state index contributed by atoms with van der Waals surface area (Å²) < 4.78 is 5.62. The van der Waals surface area contributed by atoms with Crippen molar-refractivity contribution in [1.29, 1.82) is 0 Å². The van der Waals surface area contributed by atoms with Crippen LogP contribution in [0.15, 0.2) is 24.3 Å². The minimum absolute atomic E-state index is 0.0265. The second kappa shape index (κ2) is 8.02. The molecule has 0 aliphatic carbocycles. The van der Waals surface area contributed by atoms with E-state index in [9.17, 15) is 9.90 Å². The lowest BCUT2D eigenvalue weighted by atomic mass is 9.89. The third kappa shape index (κ3) is 5.23. The molecule has 4 heteroatoms. The third-order valence-corrected chi connectivity index (χ3v) is 5.04. The number of nitrogens with zero attached hydrogens (tertiary/aromatic N) is 1. The van der Waals surface area contributed by atoms with E-state index < -0.39 is 0 Å². The minimum atomic E-state index is -0.356. The fourth-order valence-corrected chi connectivity index (χ4v) is 2.84. The topological polar surface area (TPSA) is 49.8 Å². The number of carbonyl (C=O) groups excluding carboxylic acids is 1. The Balaban J connectivity index is 2.83. The number of hydrogen-bond donors (Lipinski definition) is 1. The molecule has 0 aliphatic rings. The van der Waals surface area contributed by atoms with Gasteiger partial charge in [-0.2, -0.15) is 0 Å². The number of esters is 1. The predicted molar refractivity (Wildman–Crippen MR) is 98.4 cm³/mol. The Morgan fingerprint density at radius 3 is 1.96 bits per heavy atom. The van der Waals surface area contributed by atoms with Crippen LogP contribution in [0, 0.1) is 0 Å². The second-order valence-electron chi connectivity index (χ2n) is 7.71. The highest BCUT2D eigenvalue weighted by Crippen LogP contribution is 2.30. The molecule has 0 amide bonds. The van der Waals surface area contributed by atoms with E-state index >= 15 is 0 Å². The van der Waals surface area contributed by atoms with Crippen LogP contribution in [0.4, 0.5) is 0 Å². The van der Waals surface area contributed by atoms with Crippen LogP contribution in [0.3, 0.4) is 0 Å².